The van der Waals surface area contributed by atoms with Gasteiger partial charge in [0.05, 0.1) is 19.3 Å². The van der Waals surface area contributed by atoms with E-state index in [1.165, 1.54) is 48.0 Å². The van der Waals surface area contributed by atoms with E-state index >= 15 is 0 Å². The molecular formula is C22H22N4O4S2. The van der Waals surface area contributed by atoms with Crippen LogP contribution in [0.5, 0.6) is 5.75 Å². The maximum absolute atomic E-state index is 13.2. The van der Waals surface area contributed by atoms with Gasteiger partial charge in [-0.15, -0.1) is 11.3 Å². The predicted molar refractivity (Wildman–Crippen MR) is 122 cm³/mol. The molecule has 0 aliphatic rings. The zero-order valence-corrected chi connectivity index (χ0v) is 19.2. The molecule has 2 aromatic heterocycles. The van der Waals surface area contributed by atoms with Gasteiger partial charge in [-0.25, -0.2) is 13.4 Å². The average Bonchev–Trinajstić information content (AvgIpc) is 3.39. The summed E-state index contributed by atoms with van der Waals surface area (Å²) in [5, 5.41) is 4.72. The van der Waals surface area contributed by atoms with E-state index in [0.29, 0.717) is 5.69 Å². The zero-order valence-electron chi connectivity index (χ0n) is 17.6. The molecule has 0 spiro atoms. The Hall–Kier alpha value is -3.21. The van der Waals surface area contributed by atoms with Crippen molar-refractivity contribution in [1.82, 2.24) is 19.0 Å². The fourth-order valence-corrected chi connectivity index (χ4v) is 5.30. The Balaban J connectivity index is 1.54. The average molecular weight is 471 g/mol. The van der Waals surface area contributed by atoms with Crippen LogP contribution < -0.4 is 10.1 Å². The number of aromatic nitrogens is 2. The minimum atomic E-state index is -3.90. The highest BCUT2D eigenvalue weighted by Crippen LogP contribution is 2.28. The van der Waals surface area contributed by atoms with Crippen LogP contribution in [0.4, 0.5) is 0 Å². The third-order valence-corrected chi connectivity index (χ3v) is 7.53. The van der Waals surface area contributed by atoms with Gasteiger partial charge in [0.1, 0.15) is 10.6 Å². The predicted octanol–water partition coefficient (Wildman–Crippen LogP) is 3.16. The molecule has 2 aromatic carbocycles. The molecule has 0 aliphatic carbocycles. The highest BCUT2D eigenvalue weighted by molar-refractivity contribution is 7.89. The van der Waals surface area contributed by atoms with Crippen molar-refractivity contribution in [3.63, 3.8) is 0 Å². The lowest BCUT2D eigenvalue weighted by Gasteiger charge is -2.19. The number of carbonyl (C=O) groups excluding carboxylic acids is 1. The zero-order chi connectivity index (χ0) is 22.7. The van der Waals surface area contributed by atoms with E-state index in [4.69, 9.17) is 4.74 Å². The number of hydrogen-bond acceptors (Lipinski definition) is 6. The number of nitrogens with one attached hydrogen (secondary N) is 1. The van der Waals surface area contributed by atoms with Gasteiger partial charge in [-0.1, -0.05) is 30.3 Å². The van der Waals surface area contributed by atoms with Gasteiger partial charge in [-0.05, 0) is 23.8 Å². The summed E-state index contributed by atoms with van der Waals surface area (Å²) in [5.74, 6) is -0.220. The molecule has 0 fully saturated rings. The van der Waals surface area contributed by atoms with E-state index in [1.54, 1.807) is 0 Å². The molecule has 166 valence electrons. The number of nitrogens with zero attached hydrogens (tertiary/aromatic N) is 3. The van der Waals surface area contributed by atoms with Crippen LogP contribution in [0.3, 0.4) is 0 Å². The monoisotopic (exact) mass is 470 g/mol. The first-order valence-corrected chi connectivity index (χ1v) is 12.1. The minimum absolute atomic E-state index is 0.0615. The van der Waals surface area contributed by atoms with Gasteiger partial charge >= 0.3 is 0 Å². The van der Waals surface area contributed by atoms with E-state index in [1.807, 2.05) is 52.5 Å². The fourth-order valence-electron chi connectivity index (χ4n) is 3.25. The summed E-state index contributed by atoms with van der Waals surface area (Å²) in [6, 6.07) is 13.7. The number of rotatable bonds is 8. The normalized spacial score (nSPS) is 11.7. The first-order chi connectivity index (χ1) is 15.4. The summed E-state index contributed by atoms with van der Waals surface area (Å²) in [6.45, 7) is 0.426. The van der Waals surface area contributed by atoms with Crippen LogP contribution in [0.2, 0.25) is 0 Å². The third-order valence-electron chi connectivity index (χ3n) is 4.94. The molecule has 0 unspecified atom stereocenters. The molecule has 0 saturated heterocycles. The van der Waals surface area contributed by atoms with Gasteiger partial charge in [0.25, 0.3) is 5.91 Å². The topological polar surface area (TPSA) is 93.0 Å². The fraction of sp³-hybridized carbons (Fsp3) is 0.182. The molecule has 0 atom stereocenters. The van der Waals surface area contributed by atoms with Crippen molar-refractivity contribution in [1.29, 1.82) is 0 Å². The molecule has 0 saturated carbocycles. The maximum Gasteiger partial charge on any atom is 0.251 e. The van der Waals surface area contributed by atoms with Crippen molar-refractivity contribution in [3.05, 3.63) is 83.1 Å². The summed E-state index contributed by atoms with van der Waals surface area (Å²) >= 11 is 1.50. The second-order valence-electron chi connectivity index (χ2n) is 7.12. The van der Waals surface area contributed by atoms with Crippen LogP contribution in [0, 0.1) is 0 Å². The molecule has 0 radical (unpaired) electrons. The Bertz CT molecular complexity index is 1320. The summed E-state index contributed by atoms with van der Waals surface area (Å²) in [5.41, 5.74) is 1.79. The van der Waals surface area contributed by atoms with Gasteiger partial charge in [0, 0.05) is 36.9 Å². The molecule has 0 bridgehead atoms. The second-order valence-corrected chi connectivity index (χ2v) is 10.0. The number of ether oxygens (including phenoxy) is 1. The maximum atomic E-state index is 13.2. The van der Waals surface area contributed by atoms with Gasteiger partial charge in [0.15, 0.2) is 4.96 Å². The quantitative estimate of drug-likeness (QED) is 0.427. The van der Waals surface area contributed by atoms with Crippen molar-refractivity contribution in [2.45, 2.75) is 18.0 Å². The minimum Gasteiger partial charge on any atom is -0.495 e. The van der Waals surface area contributed by atoms with E-state index < -0.39 is 15.9 Å². The van der Waals surface area contributed by atoms with E-state index in [-0.39, 0.29) is 29.3 Å². The number of methoxy groups -OCH3 is 1. The van der Waals surface area contributed by atoms with Gasteiger partial charge in [0.2, 0.25) is 10.0 Å². The molecule has 4 aromatic rings. The summed E-state index contributed by atoms with van der Waals surface area (Å²) in [4.78, 5) is 17.9. The van der Waals surface area contributed by atoms with Gasteiger partial charge in [-0.3, -0.25) is 9.20 Å². The SMILES string of the molecule is COc1ccc(C(=O)NCc2cn3ccsc3n2)cc1S(=O)(=O)N(C)Cc1ccccc1. The van der Waals surface area contributed by atoms with Crippen LogP contribution in [-0.4, -0.2) is 42.2 Å². The Morgan fingerprint density at radius 1 is 1.22 bits per heavy atom. The highest BCUT2D eigenvalue weighted by atomic mass is 32.2. The van der Waals surface area contributed by atoms with Crippen molar-refractivity contribution in [3.8, 4) is 5.75 Å². The summed E-state index contributed by atoms with van der Waals surface area (Å²) < 4.78 is 34.9. The van der Waals surface area contributed by atoms with Crippen molar-refractivity contribution >= 4 is 32.2 Å². The number of benzene rings is 2. The van der Waals surface area contributed by atoms with Crippen LogP contribution in [0.15, 0.2) is 71.2 Å². The van der Waals surface area contributed by atoms with Crippen molar-refractivity contribution in [2.24, 2.45) is 0 Å². The number of imidazole rings is 1. The second kappa shape index (κ2) is 9.11. The van der Waals surface area contributed by atoms with E-state index in [9.17, 15) is 13.2 Å². The first kappa shape index (κ1) is 22.0. The van der Waals surface area contributed by atoms with Crippen molar-refractivity contribution < 1.29 is 17.9 Å². The van der Waals surface area contributed by atoms with E-state index in [2.05, 4.69) is 10.3 Å². The Morgan fingerprint density at radius 3 is 2.72 bits per heavy atom. The van der Waals surface area contributed by atoms with Crippen LogP contribution >= 0.6 is 11.3 Å². The Morgan fingerprint density at radius 2 is 2.00 bits per heavy atom. The largest absolute Gasteiger partial charge is 0.495 e. The molecule has 4 rings (SSSR count). The van der Waals surface area contributed by atoms with Gasteiger partial charge < -0.3 is 10.1 Å². The lowest BCUT2D eigenvalue weighted by atomic mass is 10.2. The molecule has 1 amide bonds. The number of thiazole rings is 1. The lowest BCUT2D eigenvalue weighted by molar-refractivity contribution is 0.0950. The molecule has 32 heavy (non-hydrogen) atoms. The molecule has 10 heteroatoms. The smallest absolute Gasteiger partial charge is 0.251 e. The first-order valence-electron chi connectivity index (χ1n) is 9.76. The number of carbonyl (C=O) groups is 1. The number of hydrogen-bond donors (Lipinski definition) is 1. The lowest BCUT2D eigenvalue weighted by Crippen LogP contribution is -2.28. The molecule has 8 nitrogen and oxygen atoms in total. The number of fused-ring (bicyclic) bond motifs is 1. The molecule has 1 N–H and O–H groups in total. The van der Waals surface area contributed by atoms with Crippen LogP contribution in [-0.2, 0) is 23.1 Å². The van der Waals surface area contributed by atoms with Crippen molar-refractivity contribution in [2.75, 3.05) is 14.2 Å². The van der Waals surface area contributed by atoms with Crippen LogP contribution in [0.1, 0.15) is 21.6 Å². The molecule has 0 aliphatic heterocycles. The number of amides is 1. The molecule has 2 heterocycles. The Kier molecular flexibility index (Phi) is 6.26. The third kappa shape index (κ3) is 4.52. The summed E-state index contributed by atoms with van der Waals surface area (Å²) in [6.07, 6.45) is 3.74. The Labute approximate surface area is 190 Å². The highest BCUT2D eigenvalue weighted by Gasteiger charge is 2.26. The standard InChI is InChI=1S/C22H22N4O4S2/c1-25(14-16-6-4-3-5-7-16)32(28,29)20-12-17(8-9-19(20)30-2)21(27)23-13-18-15-26-10-11-31-22(26)24-18/h3-12,15H,13-14H2,1-2H3,(H,23,27). The van der Waals surface area contributed by atoms with Gasteiger partial charge in [-0.2, -0.15) is 4.31 Å². The van der Waals surface area contributed by atoms with Crippen LogP contribution in [0.25, 0.3) is 4.96 Å². The number of sulfonamides is 1. The summed E-state index contributed by atoms with van der Waals surface area (Å²) in [7, 11) is -1.00. The molecular weight excluding hydrogens is 448 g/mol. The van der Waals surface area contributed by atoms with E-state index in [0.717, 1.165) is 10.5 Å².